The van der Waals surface area contributed by atoms with Crippen molar-refractivity contribution in [2.75, 3.05) is 11.9 Å². The molecule has 2 nitrogen and oxygen atoms in total. The molecule has 1 heterocycles. The Bertz CT molecular complexity index is 461. The van der Waals surface area contributed by atoms with Crippen LogP contribution in [0.3, 0.4) is 0 Å². The zero-order chi connectivity index (χ0) is 13.8. The van der Waals surface area contributed by atoms with Gasteiger partial charge in [0.05, 0.1) is 5.56 Å². The smallest absolute Gasteiger partial charge is 0.255 e. The van der Waals surface area contributed by atoms with Gasteiger partial charge in [0.1, 0.15) is 0 Å². The van der Waals surface area contributed by atoms with Gasteiger partial charge < -0.3 is 4.90 Å². The summed E-state index contributed by atoms with van der Waals surface area (Å²) in [6.07, 6.45) is 4.65. The summed E-state index contributed by atoms with van der Waals surface area (Å²) in [6.45, 7) is 2.90. The van der Waals surface area contributed by atoms with Gasteiger partial charge in [-0.15, -0.1) is 0 Å². The first-order valence-electron chi connectivity index (χ1n) is 6.76. The molecule has 0 aliphatic carbocycles. The minimum absolute atomic E-state index is 0.151. The quantitative estimate of drug-likeness (QED) is 0.681. The minimum atomic E-state index is 0.151. The Kier molecular flexibility index (Phi) is 5.46. The van der Waals surface area contributed by atoms with Crippen LogP contribution in [0.4, 0.5) is 0 Å². The molecule has 1 aromatic carbocycles. The first-order valence-corrected chi connectivity index (χ1v) is 8.68. The van der Waals surface area contributed by atoms with Gasteiger partial charge in [0.2, 0.25) is 0 Å². The molecule has 1 atom stereocenters. The number of aryl methyl sites for hydroxylation is 1. The molecule has 19 heavy (non-hydrogen) atoms. The molecule has 2 rings (SSSR count). The number of carbonyl (C=O) groups excluding carboxylic acids is 1. The van der Waals surface area contributed by atoms with E-state index >= 15 is 0 Å². The van der Waals surface area contributed by atoms with Crippen molar-refractivity contribution in [3.63, 3.8) is 0 Å². The minimum Gasteiger partial charge on any atom is -0.335 e. The van der Waals surface area contributed by atoms with E-state index in [0.717, 1.165) is 40.3 Å². The number of nitrogens with zero attached hydrogens (tertiary/aromatic N) is 1. The van der Waals surface area contributed by atoms with E-state index in [4.69, 9.17) is 0 Å². The van der Waals surface area contributed by atoms with Crippen LogP contribution in [-0.4, -0.2) is 28.7 Å². The molecule has 0 aromatic heterocycles. The second-order valence-electron chi connectivity index (χ2n) is 5.14. The molecule has 0 bridgehead atoms. The summed E-state index contributed by atoms with van der Waals surface area (Å²) < 4.78 is 0.898. The number of benzene rings is 1. The topological polar surface area (TPSA) is 20.3 Å². The first kappa shape index (κ1) is 15.0. The largest absolute Gasteiger partial charge is 0.335 e. The van der Waals surface area contributed by atoms with Gasteiger partial charge in [-0.1, -0.05) is 34.8 Å². The summed E-state index contributed by atoms with van der Waals surface area (Å²) in [5, 5.41) is 0.863. The number of hydrogen-bond acceptors (Lipinski definition) is 1. The predicted molar refractivity (Wildman–Crippen MR) is 86.0 cm³/mol. The third kappa shape index (κ3) is 3.60. The van der Waals surface area contributed by atoms with E-state index in [1.807, 2.05) is 30.0 Å². The Balaban J connectivity index is 2.25. The van der Waals surface area contributed by atoms with E-state index < -0.39 is 0 Å². The third-order valence-electron chi connectivity index (χ3n) is 3.67. The SMILES string of the molecule is Cc1ccc(C(=O)N2CCCCCC2CBr)c(Br)c1. The lowest BCUT2D eigenvalue weighted by Crippen LogP contribution is -2.41. The highest BCUT2D eigenvalue weighted by Crippen LogP contribution is 2.25. The number of alkyl halides is 1. The first-order chi connectivity index (χ1) is 9.13. The van der Waals surface area contributed by atoms with Crippen molar-refractivity contribution in [2.24, 2.45) is 0 Å². The van der Waals surface area contributed by atoms with Gasteiger partial charge in [-0.3, -0.25) is 4.79 Å². The van der Waals surface area contributed by atoms with Crippen LogP contribution >= 0.6 is 31.9 Å². The number of hydrogen-bond donors (Lipinski definition) is 0. The number of halogens is 2. The number of rotatable bonds is 2. The van der Waals surface area contributed by atoms with E-state index in [9.17, 15) is 4.79 Å². The predicted octanol–water partition coefficient (Wildman–Crippen LogP) is 4.54. The van der Waals surface area contributed by atoms with Crippen molar-refractivity contribution in [2.45, 2.75) is 38.6 Å². The second kappa shape index (κ2) is 6.89. The van der Waals surface area contributed by atoms with Crippen LogP contribution in [0.1, 0.15) is 41.6 Å². The summed E-state index contributed by atoms with van der Waals surface area (Å²) in [5.41, 5.74) is 1.94. The monoisotopic (exact) mass is 387 g/mol. The normalized spacial score (nSPS) is 20.2. The van der Waals surface area contributed by atoms with Gasteiger partial charge in [0.15, 0.2) is 0 Å². The molecule has 1 fully saturated rings. The average Bonchev–Trinajstić information content (AvgIpc) is 2.63. The molecule has 1 saturated heterocycles. The van der Waals surface area contributed by atoms with Crippen molar-refractivity contribution in [1.29, 1.82) is 0 Å². The van der Waals surface area contributed by atoms with E-state index in [1.54, 1.807) is 0 Å². The van der Waals surface area contributed by atoms with E-state index in [2.05, 4.69) is 31.9 Å². The van der Waals surface area contributed by atoms with Crippen molar-refractivity contribution >= 4 is 37.8 Å². The lowest BCUT2D eigenvalue weighted by molar-refractivity contribution is 0.0701. The van der Waals surface area contributed by atoms with Gasteiger partial charge >= 0.3 is 0 Å². The molecule has 104 valence electrons. The summed E-state index contributed by atoms with van der Waals surface area (Å²) in [4.78, 5) is 14.8. The second-order valence-corrected chi connectivity index (χ2v) is 6.64. The highest BCUT2D eigenvalue weighted by atomic mass is 79.9. The van der Waals surface area contributed by atoms with Crippen LogP contribution in [0.25, 0.3) is 0 Å². The van der Waals surface area contributed by atoms with Gasteiger partial charge in [-0.25, -0.2) is 0 Å². The summed E-state index contributed by atoms with van der Waals surface area (Å²) in [5.74, 6) is 0.151. The fourth-order valence-electron chi connectivity index (χ4n) is 2.55. The lowest BCUT2D eigenvalue weighted by Gasteiger charge is -2.29. The molecule has 4 heteroatoms. The maximum atomic E-state index is 12.7. The molecule has 0 saturated carbocycles. The Hall–Kier alpha value is -0.350. The maximum absolute atomic E-state index is 12.7. The third-order valence-corrected chi connectivity index (χ3v) is 5.07. The molecule has 0 radical (unpaired) electrons. The van der Waals surface area contributed by atoms with Gasteiger partial charge in [0.25, 0.3) is 5.91 Å². The van der Waals surface area contributed by atoms with Crippen LogP contribution in [0, 0.1) is 6.92 Å². The van der Waals surface area contributed by atoms with E-state index in [1.165, 1.54) is 12.8 Å². The Morgan fingerprint density at radius 3 is 2.84 bits per heavy atom. The van der Waals surface area contributed by atoms with Crippen molar-refractivity contribution in [1.82, 2.24) is 4.90 Å². The number of carbonyl (C=O) groups is 1. The van der Waals surface area contributed by atoms with Gasteiger partial charge in [-0.05, 0) is 53.4 Å². The molecule has 1 aromatic rings. The van der Waals surface area contributed by atoms with Crippen LogP contribution in [0.5, 0.6) is 0 Å². The van der Waals surface area contributed by atoms with E-state index in [-0.39, 0.29) is 5.91 Å². The summed E-state index contributed by atoms with van der Waals surface area (Å²) in [7, 11) is 0. The molecule has 1 unspecified atom stereocenters. The molecule has 1 aliphatic rings. The molecule has 0 N–H and O–H groups in total. The zero-order valence-electron chi connectivity index (χ0n) is 11.2. The van der Waals surface area contributed by atoms with Crippen molar-refractivity contribution < 1.29 is 4.79 Å². The van der Waals surface area contributed by atoms with Crippen LogP contribution < -0.4 is 0 Å². The molecular weight excluding hydrogens is 370 g/mol. The standard InChI is InChI=1S/C15H19Br2NO/c1-11-6-7-13(14(17)9-11)15(19)18-8-4-2-3-5-12(18)10-16/h6-7,9,12H,2-5,8,10H2,1H3. The lowest BCUT2D eigenvalue weighted by atomic mass is 10.1. The summed E-state index contributed by atoms with van der Waals surface area (Å²) >= 11 is 7.07. The highest BCUT2D eigenvalue weighted by Gasteiger charge is 2.26. The Morgan fingerprint density at radius 1 is 1.37 bits per heavy atom. The van der Waals surface area contributed by atoms with Crippen LogP contribution in [0.15, 0.2) is 22.7 Å². The van der Waals surface area contributed by atoms with Gasteiger partial charge in [-0.2, -0.15) is 0 Å². The van der Waals surface area contributed by atoms with Gasteiger partial charge in [0, 0.05) is 22.4 Å². The summed E-state index contributed by atoms with van der Waals surface area (Å²) in [6, 6.07) is 6.26. The molecule has 1 amide bonds. The van der Waals surface area contributed by atoms with Crippen molar-refractivity contribution in [3.8, 4) is 0 Å². The average molecular weight is 389 g/mol. The highest BCUT2D eigenvalue weighted by molar-refractivity contribution is 9.10. The van der Waals surface area contributed by atoms with Crippen LogP contribution in [-0.2, 0) is 0 Å². The fourth-order valence-corrected chi connectivity index (χ4v) is 3.89. The Labute approximate surface area is 131 Å². The molecule has 1 aliphatic heterocycles. The van der Waals surface area contributed by atoms with Crippen molar-refractivity contribution in [3.05, 3.63) is 33.8 Å². The number of amides is 1. The van der Waals surface area contributed by atoms with E-state index in [0.29, 0.717) is 6.04 Å². The molecule has 0 spiro atoms. The van der Waals surface area contributed by atoms with Crippen LogP contribution in [0.2, 0.25) is 0 Å². The fraction of sp³-hybridized carbons (Fsp3) is 0.533. The molecular formula is C15H19Br2NO. The number of likely N-dealkylation sites (tertiary alicyclic amines) is 1. The zero-order valence-corrected chi connectivity index (χ0v) is 14.3. The Morgan fingerprint density at radius 2 is 2.16 bits per heavy atom. The maximum Gasteiger partial charge on any atom is 0.255 e.